The van der Waals surface area contributed by atoms with Crippen LogP contribution < -0.4 is 5.32 Å². The van der Waals surface area contributed by atoms with Crippen LogP contribution in [0.3, 0.4) is 0 Å². The van der Waals surface area contributed by atoms with Crippen LogP contribution in [0.4, 0.5) is 10.5 Å². The lowest BCUT2D eigenvalue weighted by Crippen LogP contribution is -2.27. The number of ether oxygens (including phenoxy) is 2. The molecule has 0 saturated carbocycles. The second-order valence-electron chi connectivity index (χ2n) is 4.55. The molecule has 0 aliphatic carbocycles. The van der Waals surface area contributed by atoms with Crippen LogP contribution in [0.15, 0.2) is 6.07 Å². The van der Waals surface area contributed by atoms with Crippen LogP contribution in [0.5, 0.6) is 0 Å². The van der Waals surface area contributed by atoms with Gasteiger partial charge in [-0.05, 0) is 20.8 Å². The topological polar surface area (TPSA) is 90.4 Å². The van der Waals surface area contributed by atoms with E-state index in [2.05, 4.69) is 20.3 Å². The maximum Gasteiger partial charge on any atom is 0.412 e. The van der Waals surface area contributed by atoms with Gasteiger partial charge in [0, 0.05) is 6.07 Å². The van der Waals surface area contributed by atoms with Crippen LogP contribution in [-0.4, -0.2) is 35.0 Å². The van der Waals surface area contributed by atoms with E-state index < -0.39 is 17.7 Å². The molecular formula is C11H14ClN3O4. The molecule has 1 N–H and O–H groups in total. The third-order valence-electron chi connectivity index (χ3n) is 1.78. The summed E-state index contributed by atoms with van der Waals surface area (Å²) in [6.45, 7) is 5.16. The predicted octanol–water partition coefficient (Wildman–Crippen LogP) is 2.26. The molecular weight excluding hydrogens is 274 g/mol. The van der Waals surface area contributed by atoms with Gasteiger partial charge in [-0.2, -0.15) is 0 Å². The van der Waals surface area contributed by atoms with Crippen molar-refractivity contribution in [2.75, 3.05) is 12.4 Å². The number of nitrogens with one attached hydrogen (secondary N) is 1. The first-order valence-corrected chi connectivity index (χ1v) is 5.72. The molecule has 0 fully saturated rings. The first kappa shape index (κ1) is 15.2. The van der Waals surface area contributed by atoms with Gasteiger partial charge < -0.3 is 9.47 Å². The fourth-order valence-corrected chi connectivity index (χ4v) is 1.22. The fraction of sp³-hybridized carbons (Fsp3) is 0.455. The summed E-state index contributed by atoms with van der Waals surface area (Å²) in [6.07, 6.45) is -0.710. The van der Waals surface area contributed by atoms with E-state index in [9.17, 15) is 9.59 Å². The number of halogens is 1. The Morgan fingerprint density at radius 3 is 2.47 bits per heavy atom. The molecule has 1 aromatic rings. The number of aromatic nitrogens is 2. The number of carbonyl (C=O) groups excluding carboxylic acids is 2. The van der Waals surface area contributed by atoms with Crippen LogP contribution in [0.2, 0.25) is 5.15 Å². The summed E-state index contributed by atoms with van der Waals surface area (Å²) < 4.78 is 9.54. The lowest BCUT2D eigenvalue weighted by molar-refractivity contribution is 0.0588. The number of amides is 1. The van der Waals surface area contributed by atoms with E-state index in [0.29, 0.717) is 0 Å². The molecule has 8 heteroatoms. The highest BCUT2D eigenvalue weighted by atomic mass is 35.5. The number of nitrogens with zero attached hydrogens (tertiary/aromatic N) is 2. The van der Waals surface area contributed by atoms with E-state index in [1.807, 2.05) is 0 Å². The number of hydrogen-bond donors (Lipinski definition) is 1. The van der Waals surface area contributed by atoms with E-state index in [-0.39, 0.29) is 16.5 Å². The molecule has 0 radical (unpaired) electrons. The molecule has 0 saturated heterocycles. The minimum absolute atomic E-state index is 0.0569. The van der Waals surface area contributed by atoms with Crippen molar-refractivity contribution in [1.82, 2.24) is 10.2 Å². The number of hydrogen-bond acceptors (Lipinski definition) is 6. The Hall–Kier alpha value is -1.89. The molecule has 1 rings (SSSR count). The zero-order valence-corrected chi connectivity index (χ0v) is 11.7. The van der Waals surface area contributed by atoms with Crippen molar-refractivity contribution in [3.8, 4) is 0 Å². The van der Waals surface area contributed by atoms with Crippen LogP contribution in [0.25, 0.3) is 0 Å². The number of carbonyl (C=O) groups is 2. The van der Waals surface area contributed by atoms with Crippen molar-refractivity contribution in [2.24, 2.45) is 0 Å². The summed E-state index contributed by atoms with van der Waals surface area (Å²) in [5, 5.41) is 9.41. The predicted molar refractivity (Wildman–Crippen MR) is 68.2 cm³/mol. The first-order chi connectivity index (χ1) is 8.73. The Labute approximate surface area is 115 Å². The summed E-state index contributed by atoms with van der Waals surface area (Å²) >= 11 is 5.76. The van der Waals surface area contributed by atoms with Gasteiger partial charge in [-0.1, -0.05) is 11.6 Å². The molecule has 104 valence electrons. The molecule has 0 unspecified atom stereocenters. The van der Waals surface area contributed by atoms with E-state index in [4.69, 9.17) is 16.3 Å². The normalized spacial score (nSPS) is 10.8. The zero-order valence-electron chi connectivity index (χ0n) is 11.0. The minimum atomic E-state index is -0.710. The summed E-state index contributed by atoms with van der Waals surface area (Å²) in [5.41, 5.74) is -0.605. The lowest BCUT2D eigenvalue weighted by atomic mass is 10.2. The first-order valence-electron chi connectivity index (χ1n) is 5.34. The molecule has 0 bridgehead atoms. The van der Waals surface area contributed by atoms with Gasteiger partial charge in [-0.3, -0.25) is 5.32 Å². The largest absolute Gasteiger partial charge is 0.464 e. The van der Waals surface area contributed by atoms with Gasteiger partial charge in [0.15, 0.2) is 10.8 Å². The van der Waals surface area contributed by atoms with Crippen LogP contribution in [-0.2, 0) is 9.47 Å². The van der Waals surface area contributed by atoms with Gasteiger partial charge in [-0.25, -0.2) is 9.59 Å². The third-order valence-corrected chi connectivity index (χ3v) is 2.06. The standard InChI is InChI=1S/C11H14ClN3O4/c1-11(2,3)19-10(17)13-6-5-7(9(16)18-4)14-15-8(6)12/h5H,1-4H3,(H,13,14,17). The van der Waals surface area contributed by atoms with Gasteiger partial charge in [0.05, 0.1) is 12.8 Å². The maximum absolute atomic E-state index is 11.6. The molecule has 19 heavy (non-hydrogen) atoms. The van der Waals surface area contributed by atoms with E-state index in [1.54, 1.807) is 20.8 Å². The SMILES string of the molecule is COC(=O)c1cc(NC(=O)OC(C)(C)C)c(Cl)nn1. The van der Waals surface area contributed by atoms with E-state index in [1.165, 1.54) is 13.2 Å². The molecule has 1 aromatic heterocycles. The molecule has 0 spiro atoms. The van der Waals surface area contributed by atoms with Gasteiger partial charge >= 0.3 is 12.1 Å². The summed E-state index contributed by atoms with van der Waals surface area (Å²) in [7, 11) is 1.21. The molecule has 0 aromatic carbocycles. The highest BCUT2D eigenvalue weighted by Crippen LogP contribution is 2.20. The maximum atomic E-state index is 11.6. The molecule has 1 amide bonds. The highest BCUT2D eigenvalue weighted by Gasteiger charge is 2.19. The van der Waals surface area contributed by atoms with E-state index >= 15 is 0 Å². The quantitative estimate of drug-likeness (QED) is 0.839. The van der Waals surface area contributed by atoms with Crippen molar-refractivity contribution >= 4 is 29.4 Å². The summed E-state index contributed by atoms with van der Waals surface area (Å²) in [5.74, 6) is -0.684. The summed E-state index contributed by atoms with van der Waals surface area (Å²) in [6, 6.07) is 1.26. The number of methoxy groups -OCH3 is 1. The van der Waals surface area contributed by atoms with Gasteiger partial charge in [0.25, 0.3) is 0 Å². The van der Waals surface area contributed by atoms with Crippen LogP contribution in [0, 0.1) is 0 Å². The van der Waals surface area contributed by atoms with Gasteiger partial charge in [-0.15, -0.1) is 10.2 Å². The average Bonchev–Trinajstić information content (AvgIpc) is 2.28. The van der Waals surface area contributed by atoms with Crippen molar-refractivity contribution in [1.29, 1.82) is 0 Å². The summed E-state index contributed by atoms with van der Waals surface area (Å²) in [4.78, 5) is 22.9. The second kappa shape index (κ2) is 5.83. The van der Waals surface area contributed by atoms with Crippen molar-refractivity contribution in [3.05, 3.63) is 16.9 Å². The van der Waals surface area contributed by atoms with Crippen LogP contribution >= 0.6 is 11.6 Å². The highest BCUT2D eigenvalue weighted by molar-refractivity contribution is 6.32. The molecule has 0 aliphatic rings. The third kappa shape index (κ3) is 4.70. The lowest BCUT2D eigenvalue weighted by Gasteiger charge is -2.19. The van der Waals surface area contributed by atoms with Gasteiger partial charge in [0.2, 0.25) is 0 Å². The van der Waals surface area contributed by atoms with Crippen molar-refractivity contribution in [2.45, 2.75) is 26.4 Å². The Bertz CT molecular complexity index is 499. The Morgan fingerprint density at radius 2 is 1.95 bits per heavy atom. The molecule has 1 heterocycles. The Balaban J connectivity index is 2.88. The fourth-order valence-electron chi connectivity index (χ4n) is 1.08. The van der Waals surface area contributed by atoms with Crippen molar-refractivity contribution in [3.63, 3.8) is 0 Å². The minimum Gasteiger partial charge on any atom is -0.464 e. The zero-order chi connectivity index (χ0) is 14.6. The van der Waals surface area contributed by atoms with Crippen molar-refractivity contribution < 1.29 is 19.1 Å². The Morgan fingerprint density at radius 1 is 1.32 bits per heavy atom. The molecule has 7 nitrogen and oxygen atoms in total. The monoisotopic (exact) mass is 287 g/mol. The number of esters is 1. The molecule has 0 atom stereocenters. The Kier molecular flexibility index (Phi) is 4.66. The van der Waals surface area contributed by atoms with Gasteiger partial charge in [0.1, 0.15) is 5.60 Å². The van der Waals surface area contributed by atoms with E-state index in [0.717, 1.165) is 0 Å². The molecule has 0 aliphatic heterocycles. The average molecular weight is 288 g/mol. The number of rotatable bonds is 2. The smallest absolute Gasteiger partial charge is 0.412 e. The number of anilines is 1. The van der Waals surface area contributed by atoms with Crippen LogP contribution in [0.1, 0.15) is 31.3 Å². The second-order valence-corrected chi connectivity index (χ2v) is 4.91.